The number of rotatable bonds is 9. The number of nitrogens with one attached hydrogen (secondary N) is 1. The van der Waals surface area contributed by atoms with E-state index in [-0.39, 0.29) is 17.6 Å². The van der Waals surface area contributed by atoms with E-state index in [1.165, 1.54) is 40.9 Å². The number of halogens is 1. The van der Waals surface area contributed by atoms with Crippen molar-refractivity contribution in [2.75, 3.05) is 17.8 Å². The van der Waals surface area contributed by atoms with Gasteiger partial charge in [0.1, 0.15) is 17.6 Å². The predicted molar refractivity (Wildman–Crippen MR) is 155 cm³/mol. The molecule has 3 aromatic carbocycles. The first-order valence-corrected chi connectivity index (χ1v) is 13.7. The molecule has 0 aliphatic heterocycles. The number of nitrogens with zero attached hydrogens (tertiary/aromatic N) is 4. The van der Waals surface area contributed by atoms with E-state index in [1.807, 2.05) is 62.7 Å². The number of carbonyl (C=O) groups excluding carboxylic acids is 2. The Kier molecular flexibility index (Phi) is 8.89. The molecule has 1 aromatic heterocycles. The zero-order chi connectivity index (χ0) is 28.9. The quantitative estimate of drug-likeness (QED) is 0.275. The number of hydrogen-bond acceptors (Lipinski definition) is 6. The second kappa shape index (κ2) is 12.3. The maximum atomic E-state index is 13.9. The molecule has 0 aliphatic rings. The molecule has 8 nitrogen and oxygen atoms in total. The lowest BCUT2D eigenvalue weighted by Gasteiger charge is -2.34. The first-order valence-electron chi connectivity index (χ1n) is 12.7. The van der Waals surface area contributed by atoms with E-state index < -0.39 is 17.4 Å². The van der Waals surface area contributed by atoms with Gasteiger partial charge >= 0.3 is 0 Å². The van der Waals surface area contributed by atoms with Crippen LogP contribution >= 0.6 is 11.8 Å². The molecule has 40 heavy (non-hydrogen) atoms. The molecule has 1 atom stereocenters. The van der Waals surface area contributed by atoms with Gasteiger partial charge in [-0.2, -0.15) is 0 Å². The lowest BCUT2D eigenvalue weighted by atomic mass is 10.0. The average Bonchev–Trinajstić information content (AvgIpc) is 3.30. The summed E-state index contributed by atoms with van der Waals surface area (Å²) in [7, 11) is 3.39. The van der Waals surface area contributed by atoms with Gasteiger partial charge in [0.15, 0.2) is 11.0 Å². The minimum Gasteiger partial charge on any atom is -0.497 e. The molecule has 4 aromatic rings. The molecule has 0 radical (unpaired) electrons. The molecule has 0 unspecified atom stereocenters. The Bertz CT molecular complexity index is 1450. The highest BCUT2D eigenvalue weighted by atomic mass is 32.2. The zero-order valence-corrected chi connectivity index (χ0v) is 23.9. The number of methoxy groups -OCH3 is 1. The van der Waals surface area contributed by atoms with E-state index in [1.54, 1.807) is 31.4 Å². The highest BCUT2D eigenvalue weighted by molar-refractivity contribution is 7.99. The molecule has 208 valence electrons. The summed E-state index contributed by atoms with van der Waals surface area (Å²) in [4.78, 5) is 29.1. The van der Waals surface area contributed by atoms with E-state index in [2.05, 4.69) is 15.5 Å². The van der Waals surface area contributed by atoms with Gasteiger partial charge in [-0.15, -0.1) is 10.2 Å². The van der Waals surface area contributed by atoms with E-state index in [0.29, 0.717) is 28.0 Å². The van der Waals surface area contributed by atoms with Crippen molar-refractivity contribution in [3.63, 3.8) is 0 Å². The van der Waals surface area contributed by atoms with Gasteiger partial charge in [-0.25, -0.2) is 4.39 Å². The van der Waals surface area contributed by atoms with E-state index in [0.717, 1.165) is 5.56 Å². The van der Waals surface area contributed by atoms with Gasteiger partial charge in [0, 0.05) is 23.8 Å². The van der Waals surface area contributed by atoms with Crippen molar-refractivity contribution < 1.29 is 18.7 Å². The molecular formula is C30H32FN5O3S. The topological polar surface area (TPSA) is 89.3 Å². The van der Waals surface area contributed by atoms with Crippen molar-refractivity contribution in [2.24, 2.45) is 7.05 Å². The minimum atomic E-state index is -1.02. The van der Waals surface area contributed by atoms with Crippen LogP contribution in [0.25, 0.3) is 11.4 Å². The Labute approximate surface area is 237 Å². The molecule has 0 fully saturated rings. The third-order valence-corrected chi connectivity index (χ3v) is 7.01. The molecule has 0 aliphatic carbocycles. The predicted octanol–water partition coefficient (Wildman–Crippen LogP) is 5.41. The van der Waals surface area contributed by atoms with Crippen LogP contribution in [0.15, 0.2) is 84.0 Å². The number of aromatic nitrogens is 3. The highest BCUT2D eigenvalue weighted by Gasteiger charge is 2.34. The third kappa shape index (κ3) is 6.87. The number of carbonyl (C=O) groups is 2. The van der Waals surface area contributed by atoms with Gasteiger partial charge < -0.3 is 14.6 Å². The summed E-state index contributed by atoms with van der Waals surface area (Å²) < 4.78 is 21.0. The maximum absolute atomic E-state index is 13.9. The van der Waals surface area contributed by atoms with Crippen molar-refractivity contribution in [1.29, 1.82) is 0 Å². The molecule has 1 N–H and O–H groups in total. The number of benzene rings is 3. The Morgan fingerprint density at radius 2 is 1.65 bits per heavy atom. The molecule has 1 heterocycles. The van der Waals surface area contributed by atoms with Crippen LogP contribution in [0, 0.1) is 5.82 Å². The van der Waals surface area contributed by atoms with Crippen LogP contribution in [-0.2, 0) is 16.6 Å². The second-order valence-corrected chi connectivity index (χ2v) is 11.1. The Hall–Kier alpha value is -4.18. The van der Waals surface area contributed by atoms with Gasteiger partial charge in [-0.1, -0.05) is 54.2 Å². The average molecular weight is 562 g/mol. The summed E-state index contributed by atoms with van der Waals surface area (Å²) in [5.74, 6) is 0.0829. The molecule has 10 heteroatoms. The monoisotopic (exact) mass is 561 g/mol. The van der Waals surface area contributed by atoms with E-state index >= 15 is 0 Å². The highest BCUT2D eigenvalue weighted by Crippen LogP contribution is 2.32. The van der Waals surface area contributed by atoms with Crippen LogP contribution < -0.4 is 15.0 Å². The van der Waals surface area contributed by atoms with Crippen LogP contribution in [0.4, 0.5) is 10.1 Å². The minimum absolute atomic E-state index is 0.0341. The lowest BCUT2D eigenvalue weighted by Crippen LogP contribution is -2.50. The van der Waals surface area contributed by atoms with E-state index in [9.17, 15) is 14.0 Å². The summed E-state index contributed by atoms with van der Waals surface area (Å²) >= 11 is 1.21. The number of anilines is 1. The standard InChI is InChI=1S/C30H32FN5O3S/c1-30(2,3)32-28(38)26(20-11-17-24(39-5)18-12-20)36(23-15-13-22(31)14-16-23)25(37)19-40-29-34-33-27(35(29)4)21-9-7-6-8-10-21/h6-18,26H,19H2,1-5H3,(H,32,38)/t26-/m0/s1. The van der Waals surface area contributed by atoms with E-state index in [4.69, 9.17) is 4.74 Å². The molecule has 4 rings (SSSR count). The van der Waals surface area contributed by atoms with Gasteiger partial charge in [0.05, 0.1) is 12.9 Å². The van der Waals surface area contributed by atoms with Crippen LogP contribution in [0.3, 0.4) is 0 Å². The number of thioether (sulfide) groups is 1. The maximum Gasteiger partial charge on any atom is 0.248 e. The fourth-order valence-electron chi connectivity index (χ4n) is 4.16. The van der Waals surface area contributed by atoms with Crippen molar-refractivity contribution >= 4 is 29.3 Å². The summed E-state index contributed by atoms with van der Waals surface area (Å²) in [6.45, 7) is 5.61. The molecule has 0 spiro atoms. The van der Waals surface area contributed by atoms with Crippen molar-refractivity contribution in [3.8, 4) is 17.1 Å². The molecular weight excluding hydrogens is 529 g/mol. The summed E-state index contributed by atoms with van der Waals surface area (Å²) in [5.41, 5.74) is 1.32. The SMILES string of the molecule is COc1ccc([C@@H](C(=O)NC(C)(C)C)N(C(=O)CSc2nnc(-c3ccccc3)n2C)c2ccc(F)cc2)cc1. The number of amides is 2. The van der Waals surface area contributed by atoms with Crippen LogP contribution in [0.5, 0.6) is 5.75 Å². The first kappa shape index (κ1) is 28.8. The fraction of sp³-hybridized carbons (Fsp3) is 0.267. The van der Waals surface area contributed by atoms with Crippen molar-refractivity contribution in [3.05, 3.63) is 90.2 Å². The summed E-state index contributed by atoms with van der Waals surface area (Å²) in [5, 5.41) is 12.1. The molecule has 2 amide bonds. The molecule has 0 saturated heterocycles. The Morgan fingerprint density at radius 3 is 2.25 bits per heavy atom. The second-order valence-electron chi connectivity index (χ2n) is 10.2. The lowest BCUT2D eigenvalue weighted by molar-refractivity contribution is -0.127. The van der Waals surface area contributed by atoms with Crippen LogP contribution in [0.2, 0.25) is 0 Å². The van der Waals surface area contributed by atoms with Crippen LogP contribution in [0.1, 0.15) is 32.4 Å². The normalized spacial score (nSPS) is 12.1. The first-order chi connectivity index (χ1) is 19.1. The fourth-order valence-corrected chi connectivity index (χ4v) is 4.93. The smallest absolute Gasteiger partial charge is 0.248 e. The molecule has 0 saturated carbocycles. The van der Waals surface area contributed by atoms with Crippen molar-refractivity contribution in [2.45, 2.75) is 37.5 Å². The van der Waals surface area contributed by atoms with Gasteiger partial charge in [-0.05, 0) is 62.7 Å². The Morgan fingerprint density at radius 1 is 1.00 bits per heavy atom. The largest absolute Gasteiger partial charge is 0.497 e. The number of hydrogen-bond donors (Lipinski definition) is 1. The van der Waals surface area contributed by atoms with Crippen LogP contribution in [-0.4, -0.2) is 45.0 Å². The number of ether oxygens (including phenoxy) is 1. The van der Waals surface area contributed by atoms with Gasteiger partial charge in [-0.3, -0.25) is 14.5 Å². The van der Waals surface area contributed by atoms with Gasteiger partial charge in [0.25, 0.3) is 0 Å². The van der Waals surface area contributed by atoms with Gasteiger partial charge in [0.2, 0.25) is 11.8 Å². The molecule has 0 bridgehead atoms. The van der Waals surface area contributed by atoms with Crippen molar-refractivity contribution in [1.82, 2.24) is 20.1 Å². The third-order valence-electron chi connectivity index (χ3n) is 6.00. The summed E-state index contributed by atoms with van der Waals surface area (Å²) in [6, 6.07) is 21.1. The summed E-state index contributed by atoms with van der Waals surface area (Å²) in [6.07, 6.45) is 0. The Balaban J connectivity index is 1.69. The zero-order valence-electron chi connectivity index (χ0n) is 23.1.